The Bertz CT molecular complexity index is 434. The Labute approximate surface area is 116 Å². The summed E-state index contributed by atoms with van der Waals surface area (Å²) in [5, 5.41) is 12.0. The lowest BCUT2D eigenvalue weighted by Crippen LogP contribution is -2.28. The first-order valence-electron chi connectivity index (χ1n) is 5.94. The lowest BCUT2D eigenvalue weighted by Gasteiger charge is -2.11. The Morgan fingerprint density at radius 2 is 2.00 bits per heavy atom. The van der Waals surface area contributed by atoms with E-state index in [2.05, 4.69) is 27.3 Å². The molecule has 0 saturated heterocycles. The largest absolute Gasteiger partial charge is 0.356 e. The first-order chi connectivity index (χ1) is 8.52. The summed E-state index contributed by atoms with van der Waals surface area (Å²) in [7, 11) is 0. The van der Waals surface area contributed by atoms with Gasteiger partial charge in [0.25, 0.3) is 0 Å². The van der Waals surface area contributed by atoms with E-state index in [1.807, 2.05) is 38.1 Å². The normalized spacial score (nSPS) is 11.9. The fraction of sp³-hybridized carbons (Fsp3) is 0.429. The minimum Gasteiger partial charge on any atom is -0.356 e. The number of nitrogens with one attached hydrogen (secondary N) is 1. The second kappa shape index (κ2) is 7.17. The van der Waals surface area contributed by atoms with Gasteiger partial charge in [0.05, 0.1) is 12.0 Å². The zero-order valence-corrected chi connectivity index (χ0v) is 12.2. The predicted molar refractivity (Wildman–Crippen MR) is 75.0 cm³/mol. The van der Waals surface area contributed by atoms with E-state index >= 15 is 0 Å². The van der Waals surface area contributed by atoms with Gasteiger partial charge in [0.1, 0.15) is 0 Å². The summed E-state index contributed by atoms with van der Waals surface area (Å²) in [4.78, 5) is 11.7. The van der Waals surface area contributed by atoms with Crippen LogP contribution < -0.4 is 5.32 Å². The van der Waals surface area contributed by atoms with E-state index in [4.69, 9.17) is 5.26 Å². The number of halogens is 1. The average Bonchev–Trinajstić information content (AvgIpc) is 2.34. The third-order valence-corrected chi connectivity index (χ3v) is 3.05. The zero-order valence-electron chi connectivity index (χ0n) is 10.6. The Hall–Kier alpha value is -1.34. The molecule has 18 heavy (non-hydrogen) atoms. The maximum Gasteiger partial charge on any atom is 0.221 e. The van der Waals surface area contributed by atoms with Gasteiger partial charge in [-0.15, -0.1) is 0 Å². The molecule has 0 saturated carbocycles. The van der Waals surface area contributed by atoms with Crippen LogP contribution in [0.1, 0.15) is 31.7 Å². The van der Waals surface area contributed by atoms with Gasteiger partial charge in [-0.1, -0.05) is 41.9 Å². The smallest absolute Gasteiger partial charge is 0.221 e. The van der Waals surface area contributed by atoms with Crippen molar-refractivity contribution >= 4 is 21.8 Å². The number of nitrogens with zero attached hydrogens (tertiary/aromatic N) is 1. The van der Waals surface area contributed by atoms with Gasteiger partial charge < -0.3 is 5.32 Å². The number of carbonyl (C=O) groups is 1. The lowest BCUT2D eigenvalue weighted by atomic mass is 9.97. The Morgan fingerprint density at radius 1 is 1.39 bits per heavy atom. The van der Waals surface area contributed by atoms with E-state index in [-0.39, 0.29) is 18.2 Å². The number of hydrogen-bond acceptors (Lipinski definition) is 2. The third kappa shape index (κ3) is 4.89. The number of carbonyl (C=O) groups excluding carboxylic acids is 1. The molecule has 1 N–H and O–H groups in total. The maximum absolute atomic E-state index is 11.7. The van der Waals surface area contributed by atoms with Crippen LogP contribution in [0.25, 0.3) is 0 Å². The van der Waals surface area contributed by atoms with Crippen LogP contribution in [0.4, 0.5) is 0 Å². The molecule has 0 aliphatic rings. The van der Waals surface area contributed by atoms with E-state index < -0.39 is 0 Å². The second-order valence-electron chi connectivity index (χ2n) is 4.64. The van der Waals surface area contributed by atoms with Crippen LogP contribution in [0.2, 0.25) is 0 Å². The van der Waals surface area contributed by atoms with Crippen molar-refractivity contribution in [2.24, 2.45) is 5.92 Å². The molecule has 4 heteroatoms. The van der Waals surface area contributed by atoms with Crippen LogP contribution in [0.5, 0.6) is 0 Å². The van der Waals surface area contributed by atoms with Crippen LogP contribution in [0.3, 0.4) is 0 Å². The minimum absolute atomic E-state index is 0.0711. The summed E-state index contributed by atoms with van der Waals surface area (Å²) in [6, 6.07) is 9.68. The molecule has 0 heterocycles. The van der Waals surface area contributed by atoms with E-state index in [1.54, 1.807) is 0 Å². The van der Waals surface area contributed by atoms with Crippen molar-refractivity contribution in [3.8, 4) is 6.07 Å². The van der Waals surface area contributed by atoms with Crippen molar-refractivity contribution in [1.82, 2.24) is 5.32 Å². The van der Waals surface area contributed by atoms with E-state index in [0.29, 0.717) is 12.5 Å². The maximum atomic E-state index is 11.7. The fourth-order valence-corrected chi connectivity index (χ4v) is 1.77. The van der Waals surface area contributed by atoms with Crippen LogP contribution in [0, 0.1) is 17.2 Å². The highest BCUT2D eigenvalue weighted by Gasteiger charge is 2.15. The summed E-state index contributed by atoms with van der Waals surface area (Å²) in [6.45, 7) is 4.73. The Morgan fingerprint density at radius 3 is 2.50 bits per heavy atom. The van der Waals surface area contributed by atoms with Crippen LogP contribution in [0.15, 0.2) is 28.7 Å². The molecule has 1 unspecified atom stereocenters. The number of nitriles is 1. The number of rotatable bonds is 5. The molecular weight excluding hydrogens is 292 g/mol. The first-order valence-corrected chi connectivity index (χ1v) is 6.74. The van der Waals surface area contributed by atoms with Crippen LogP contribution in [-0.2, 0) is 4.79 Å². The van der Waals surface area contributed by atoms with Gasteiger partial charge in [0.2, 0.25) is 5.91 Å². The Kier molecular flexibility index (Phi) is 5.87. The molecule has 1 rings (SSSR count). The number of amides is 1. The molecule has 0 fully saturated rings. The molecule has 96 valence electrons. The molecule has 0 radical (unpaired) electrons. The van der Waals surface area contributed by atoms with Crippen molar-refractivity contribution in [2.75, 3.05) is 6.54 Å². The summed E-state index contributed by atoms with van der Waals surface area (Å²) in [6.07, 6.45) is 0.213. The molecule has 1 atom stereocenters. The summed E-state index contributed by atoms with van der Waals surface area (Å²) < 4.78 is 0.965. The van der Waals surface area contributed by atoms with Crippen LogP contribution >= 0.6 is 15.9 Å². The van der Waals surface area contributed by atoms with Gasteiger partial charge in [0.15, 0.2) is 0 Å². The SMILES string of the molecule is CC(C)CNC(=O)CC(C#N)c1ccc(Br)cc1. The molecule has 1 aromatic carbocycles. The van der Waals surface area contributed by atoms with Crippen molar-refractivity contribution in [3.05, 3.63) is 34.3 Å². The van der Waals surface area contributed by atoms with E-state index in [1.165, 1.54) is 0 Å². The predicted octanol–water partition coefficient (Wildman–Crippen LogP) is 3.22. The summed E-state index contributed by atoms with van der Waals surface area (Å²) in [5.41, 5.74) is 0.875. The molecule has 0 bridgehead atoms. The minimum atomic E-state index is -0.384. The second-order valence-corrected chi connectivity index (χ2v) is 5.55. The molecule has 1 aromatic rings. The first kappa shape index (κ1) is 14.7. The molecule has 0 aliphatic carbocycles. The fourth-order valence-electron chi connectivity index (χ4n) is 1.51. The average molecular weight is 309 g/mol. The third-order valence-electron chi connectivity index (χ3n) is 2.53. The zero-order chi connectivity index (χ0) is 13.5. The van der Waals surface area contributed by atoms with Gasteiger partial charge in [-0.05, 0) is 23.6 Å². The monoisotopic (exact) mass is 308 g/mol. The standard InChI is InChI=1S/C14H17BrN2O/c1-10(2)9-17-14(18)7-12(8-16)11-3-5-13(15)6-4-11/h3-6,10,12H,7,9H2,1-2H3,(H,17,18). The van der Waals surface area contributed by atoms with E-state index in [0.717, 1.165) is 10.0 Å². The van der Waals surface area contributed by atoms with Crippen molar-refractivity contribution in [1.29, 1.82) is 5.26 Å². The van der Waals surface area contributed by atoms with Crippen LogP contribution in [-0.4, -0.2) is 12.5 Å². The molecule has 0 aromatic heterocycles. The molecular formula is C14H17BrN2O. The number of hydrogen-bond donors (Lipinski definition) is 1. The highest BCUT2D eigenvalue weighted by molar-refractivity contribution is 9.10. The van der Waals surface area contributed by atoms with Gasteiger partial charge in [-0.2, -0.15) is 5.26 Å². The molecule has 1 amide bonds. The van der Waals surface area contributed by atoms with Crippen molar-refractivity contribution in [2.45, 2.75) is 26.2 Å². The summed E-state index contributed by atoms with van der Waals surface area (Å²) in [5.74, 6) is -0.0365. The van der Waals surface area contributed by atoms with Gasteiger partial charge in [-0.25, -0.2) is 0 Å². The quantitative estimate of drug-likeness (QED) is 0.908. The van der Waals surface area contributed by atoms with Crippen molar-refractivity contribution in [3.63, 3.8) is 0 Å². The van der Waals surface area contributed by atoms with Gasteiger partial charge in [-0.3, -0.25) is 4.79 Å². The lowest BCUT2D eigenvalue weighted by molar-refractivity contribution is -0.121. The van der Waals surface area contributed by atoms with Crippen molar-refractivity contribution < 1.29 is 4.79 Å². The van der Waals surface area contributed by atoms with Gasteiger partial charge >= 0.3 is 0 Å². The number of benzene rings is 1. The summed E-state index contributed by atoms with van der Waals surface area (Å²) >= 11 is 3.35. The molecule has 0 spiro atoms. The molecule has 3 nitrogen and oxygen atoms in total. The Balaban J connectivity index is 2.60. The van der Waals surface area contributed by atoms with E-state index in [9.17, 15) is 4.79 Å². The highest BCUT2D eigenvalue weighted by atomic mass is 79.9. The highest BCUT2D eigenvalue weighted by Crippen LogP contribution is 2.21. The topological polar surface area (TPSA) is 52.9 Å². The molecule has 0 aliphatic heterocycles. The van der Waals surface area contributed by atoms with Gasteiger partial charge in [0, 0.05) is 17.4 Å².